The Bertz CT molecular complexity index is 182. The maximum Gasteiger partial charge on any atom is 0.306 e. The van der Waals surface area contributed by atoms with E-state index in [0.717, 1.165) is 12.8 Å². The molecule has 0 aromatic heterocycles. The SMILES string of the molecule is CCCCCCCCCC(=O)OC(CO)CCl. The minimum Gasteiger partial charge on any atom is -0.459 e. The summed E-state index contributed by atoms with van der Waals surface area (Å²) in [5.74, 6) is -0.0996. The lowest BCUT2D eigenvalue weighted by molar-refractivity contribution is -0.149. The van der Waals surface area contributed by atoms with E-state index in [0.29, 0.717) is 6.42 Å². The van der Waals surface area contributed by atoms with E-state index >= 15 is 0 Å². The Morgan fingerprint density at radius 1 is 1.18 bits per heavy atom. The number of aliphatic hydroxyl groups is 1. The molecule has 0 aliphatic carbocycles. The van der Waals surface area contributed by atoms with Crippen molar-refractivity contribution < 1.29 is 14.6 Å². The lowest BCUT2D eigenvalue weighted by Crippen LogP contribution is -2.23. The number of carbonyl (C=O) groups is 1. The number of alkyl halides is 1. The highest BCUT2D eigenvalue weighted by Crippen LogP contribution is 2.09. The maximum absolute atomic E-state index is 11.3. The van der Waals surface area contributed by atoms with E-state index in [-0.39, 0.29) is 18.5 Å². The van der Waals surface area contributed by atoms with E-state index in [9.17, 15) is 4.79 Å². The van der Waals surface area contributed by atoms with Crippen LogP contribution in [0.25, 0.3) is 0 Å². The first-order valence-electron chi connectivity index (χ1n) is 6.60. The van der Waals surface area contributed by atoms with E-state index in [1.165, 1.54) is 32.1 Å². The van der Waals surface area contributed by atoms with Gasteiger partial charge in [0.1, 0.15) is 6.10 Å². The monoisotopic (exact) mass is 264 g/mol. The number of rotatable bonds is 11. The van der Waals surface area contributed by atoms with Crippen molar-refractivity contribution in [3.63, 3.8) is 0 Å². The second kappa shape index (κ2) is 12.2. The fourth-order valence-electron chi connectivity index (χ4n) is 1.59. The Morgan fingerprint density at radius 3 is 2.29 bits per heavy atom. The molecule has 0 aromatic rings. The van der Waals surface area contributed by atoms with Gasteiger partial charge in [-0.1, -0.05) is 45.4 Å². The third-order valence-electron chi connectivity index (χ3n) is 2.66. The molecule has 1 N–H and O–H groups in total. The van der Waals surface area contributed by atoms with Crippen molar-refractivity contribution in [2.45, 2.75) is 64.4 Å². The van der Waals surface area contributed by atoms with Crippen LogP contribution in [0.3, 0.4) is 0 Å². The lowest BCUT2D eigenvalue weighted by Gasteiger charge is -2.12. The fourth-order valence-corrected chi connectivity index (χ4v) is 1.75. The van der Waals surface area contributed by atoms with Gasteiger partial charge in [0.05, 0.1) is 12.5 Å². The molecular formula is C13H25ClO3. The van der Waals surface area contributed by atoms with Gasteiger partial charge in [0.15, 0.2) is 0 Å². The number of aliphatic hydroxyl groups excluding tert-OH is 1. The molecule has 0 fully saturated rings. The van der Waals surface area contributed by atoms with Gasteiger partial charge in [0, 0.05) is 6.42 Å². The smallest absolute Gasteiger partial charge is 0.306 e. The summed E-state index contributed by atoms with van der Waals surface area (Å²) in [4.78, 5) is 11.3. The molecule has 0 saturated heterocycles. The molecule has 1 unspecified atom stereocenters. The molecule has 0 saturated carbocycles. The van der Waals surface area contributed by atoms with Gasteiger partial charge in [-0.05, 0) is 6.42 Å². The van der Waals surface area contributed by atoms with Crippen molar-refractivity contribution in [3.05, 3.63) is 0 Å². The fraction of sp³-hybridized carbons (Fsp3) is 0.923. The Labute approximate surface area is 109 Å². The molecule has 0 heterocycles. The van der Waals surface area contributed by atoms with E-state index in [4.69, 9.17) is 21.4 Å². The minimum absolute atomic E-state index is 0.152. The summed E-state index contributed by atoms with van der Waals surface area (Å²) in [6.07, 6.45) is 8.11. The van der Waals surface area contributed by atoms with Crippen LogP contribution >= 0.6 is 11.6 Å². The number of esters is 1. The normalized spacial score (nSPS) is 12.4. The van der Waals surface area contributed by atoms with Crippen molar-refractivity contribution in [1.29, 1.82) is 0 Å². The Balaban J connectivity index is 3.33. The first kappa shape index (κ1) is 16.7. The standard InChI is InChI=1S/C13H25ClO3/c1-2-3-4-5-6-7-8-9-13(16)17-12(10-14)11-15/h12,15H,2-11H2,1H3. The summed E-state index contributed by atoms with van der Waals surface area (Å²) >= 11 is 5.51. The van der Waals surface area contributed by atoms with Gasteiger partial charge in [0.2, 0.25) is 0 Å². The summed E-state index contributed by atoms with van der Waals surface area (Å²) in [5, 5.41) is 8.81. The molecule has 17 heavy (non-hydrogen) atoms. The van der Waals surface area contributed by atoms with Crippen LogP contribution in [-0.4, -0.2) is 29.7 Å². The van der Waals surface area contributed by atoms with Crippen molar-refractivity contribution in [2.24, 2.45) is 0 Å². The van der Waals surface area contributed by atoms with Crippen molar-refractivity contribution in [1.82, 2.24) is 0 Å². The number of halogens is 1. The average Bonchev–Trinajstić information content (AvgIpc) is 2.34. The summed E-state index contributed by atoms with van der Waals surface area (Å²) in [5.41, 5.74) is 0. The molecule has 102 valence electrons. The van der Waals surface area contributed by atoms with Crippen LogP contribution < -0.4 is 0 Å². The largest absolute Gasteiger partial charge is 0.459 e. The first-order valence-corrected chi connectivity index (χ1v) is 7.14. The van der Waals surface area contributed by atoms with Gasteiger partial charge in [-0.15, -0.1) is 11.6 Å². The molecule has 0 spiro atoms. The predicted octanol–water partition coefficient (Wildman–Crippen LogP) is 3.27. The molecule has 0 rings (SSSR count). The van der Waals surface area contributed by atoms with Crippen LogP contribution in [0.4, 0.5) is 0 Å². The Hall–Kier alpha value is -0.280. The summed E-state index contributed by atoms with van der Waals surface area (Å²) < 4.78 is 4.97. The molecule has 0 bridgehead atoms. The second-order valence-electron chi connectivity index (χ2n) is 4.32. The van der Waals surface area contributed by atoms with E-state index < -0.39 is 6.10 Å². The Morgan fingerprint density at radius 2 is 1.76 bits per heavy atom. The van der Waals surface area contributed by atoms with Crippen LogP contribution in [0.1, 0.15) is 58.3 Å². The van der Waals surface area contributed by atoms with Crippen LogP contribution in [0.2, 0.25) is 0 Å². The highest BCUT2D eigenvalue weighted by molar-refractivity contribution is 6.18. The average molecular weight is 265 g/mol. The number of carbonyl (C=O) groups excluding carboxylic acids is 1. The predicted molar refractivity (Wildman–Crippen MR) is 70.3 cm³/mol. The number of hydrogen-bond acceptors (Lipinski definition) is 3. The van der Waals surface area contributed by atoms with Gasteiger partial charge in [-0.25, -0.2) is 0 Å². The maximum atomic E-state index is 11.3. The highest BCUT2D eigenvalue weighted by Gasteiger charge is 2.11. The summed E-state index contributed by atoms with van der Waals surface area (Å²) in [6, 6.07) is 0. The van der Waals surface area contributed by atoms with E-state index in [2.05, 4.69) is 6.92 Å². The quantitative estimate of drug-likeness (QED) is 0.354. The van der Waals surface area contributed by atoms with E-state index in [1.807, 2.05) is 0 Å². The summed E-state index contributed by atoms with van der Waals surface area (Å²) in [7, 11) is 0. The van der Waals surface area contributed by atoms with Crippen LogP contribution in [0.15, 0.2) is 0 Å². The van der Waals surface area contributed by atoms with Crippen LogP contribution in [0, 0.1) is 0 Å². The number of hydrogen-bond donors (Lipinski definition) is 1. The molecule has 0 amide bonds. The summed E-state index contributed by atoms with van der Waals surface area (Å²) in [6.45, 7) is 2.00. The topological polar surface area (TPSA) is 46.5 Å². The molecule has 0 radical (unpaired) electrons. The number of unbranched alkanes of at least 4 members (excludes halogenated alkanes) is 6. The van der Waals surface area contributed by atoms with Gasteiger partial charge in [-0.3, -0.25) is 4.79 Å². The molecule has 4 heteroatoms. The lowest BCUT2D eigenvalue weighted by atomic mass is 10.1. The molecule has 3 nitrogen and oxygen atoms in total. The second-order valence-corrected chi connectivity index (χ2v) is 4.63. The number of ether oxygens (including phenoxy) is 1. The van der Waals surface area contributed by atoms with Gasteiger partial charge >= 0.3 is 5.97 Å². The molecule has 1 atom stereocenters. The zero-order chi connectivity index (χ0) is 12.9. The zero-order valence-electron chi connectivity index (χ0n) is 10.8. The molecule has 0 aliphatic rings. The zero-order valence-corrected chi connectivity index (χ0v) is 11.5. The highest BCUT2D eigenvalue weighted by atomic mass is 35.5. The van der Waals surface area contributed by atoms with Crippen LogP contribution in [0.5, 0.6) is 0 Å². The van der Waals surface area contributed by atoms with Gasteiger partial charge in [-0.2, -0.15) is 0 Å². The molecule has 0 aliphatic heterocycles. The van der Waals surface area contributed by atoms with Crippen molar-refractivity contribution >= 4 is 17.6 Å². The van der Waals surface area contributed by atoms with Gasteiger partial charge < -0.3 is 9.84 Å². The third kappa shape index (κ3) is 10.6. The Kier molecular flexibility index (Phi) is 12.0. The third-order valence-corrected chi connectivity index (χ3v) is 3.00. The van der Waals surface area contributed by atoms with Crippen molar-refractivity contribution in [3.8, 4) is 0 Å². The van der Waals surface area contributed by atoms with E-state index in [1.54, 1.807) is 0 Å². The van der Waals surface area contributed by atoms with Gasteiger partial charge in [0.25, 0.3) is 0 Å². The first-order chi connectivity index (χ1) is 8.24. The molecule has 0 aromatic carbocycles. The molecular weight excluding hydrogens is 240 g/mol. The van der Waals surface area contributed by atoms with Crippen LogP contribution in [-0.2, 0) is 9.53 Å². The van der Waals surface area contributed by atoms with Crippen molar-refractivity contribution in [2.75, 3.05) is 12.5 Å². The minimum atomic E-state index is -0.547.